The number of carbonyl (C=O) groups is 1. The van der Waals surface area contributed by atoms with Crippen molar-refractivity contribution in [3.63, 3.8) is 0 Å². The van der Waals surface area contributed by atoms with E-state index < -0.39 is 0 Å². The van der Waals surface area contributed by atoms with Gasteiger partial charge in [0.1, 0.15) is 5.69 Å². The molecule has 1 aromatic rings. The molecule has 2 rings (SSSR count). The van der Waals surface area contributed by atoms with E-state index in [2.05, 4.69) is 12.0 Å². The van der Waals surface area contributed by atoms with E-state index in [1.54, 1.807) is 6.07 Å². The normalized spacial score (nSPS) is 26.8. The summed E-state index contributed by atoms with van der Waals surface area (Å²) in [6.07, 6.45) is 5.28. The lowest BCUT2D eigenvalue weighted by Crippen LogP contribution is -2.25. The molecule has 70 valence electrons. The van der Waals surface area contributed by atoms with Gasteiger partial charge in [-0.1, -0.05) is 6.92 Å². The van der Waals surface area contributed by atoms with Crippen LogP contribution in [0.1, 0.15) is 30.3 Å². The van der Waals surface area contributed by atoms with Gasteiger partial charge in [0.25, 0.3) is 0 Å². The first-order chi connectivity index (χ1) is 6.28. The van der Waals surface area contributed by atoms with Gasteiger partial charge in [0.15, 0.2) is 6.29 Å². The standard InChI is InChI=1S/C10H14N2O/c1-8-4-9(5-8)6-12-3-2-10(7-13)11-12/h2-3,7-9H,4-6H2,1H3. The highest BCUT2D eigenvalue weighted by Crippen LogP contribution is 2.33. The van der Waals surface area contributed by atoms with Crippen molar-refractivity contribution in [2.24, 2.45) is 11.8 Å². The zero-order chi connectivity index (χ0) is 9.26. The molecule has 1 aliphatic carbocycles. The van der Waals surface area contributed by atoms with Crippen molar-refractivity contribution in [2.45, 2.75) is 26.3 Å². The number of nitrogens with zero attached hydrogens (tertiary/aromatic N) is 2. The molecule has 1 heterocycles. The van der Waals surface area contributed by atoms with Gasteiger partial charge in [0.2, 0.25) is 0 Å². The molecule has 3 heteroatoms. The zero-order valence-corrected chi connectivity index (χ0v) is 7.81. The highest BCUT2D eigenvalue weighted by Gasteiger charge is 2.25. The lowest BCUT2D eigenvalue weighted by Gasteiger charge is -2.32. The van der Waals surface area contributed by atoms with E-state index in [1.807, 2.05) is 10.9 Å². The van der Waals surface area contributed by atoms with E-state index in [9.17, 15) is 4.79 Å². The molecule has 0 atom stereocenters. The fourth-order valence-corrected chi connectivity index (χ4v) is 2.02. The molecular formula is C10H14N2O. The quantitative estimate of drug-likeness (QED) is 0.661. The second-order valence-electron chi connectivity index (χ2n) is 4.02. The Bertz CT molecular complexity index is 300. The maximum Gasteiger partial charge on any atom is 0.170 e. The van der Waals surface area contributed by atoms with E-state index >= 15 is 0 Å². The zero-order valence-electron chi connectivity index (χ0n) is 7.81. The van der Waals surface area contributed by atoms with Crippen LogP contribution < -0.4 is 0 Å². The number of hydrogen-bond donors (Lipinski definition) is 0. The third kappa shape index (κ3) is 1.79. The Hall–Kier alpha value is -1.12. The maximum atomic E-state index is 10.4. The van der Waals surface area contributed by atoms with Crippen LogP contribution in [0.15, 0.2) is 12.3 Å². The summed E-state index contributed by atoms with van der Waals surface area (Å²) in [4.78, 5) is 10.4. The molecule has 0 spiro atoms. The van der Waals surface area contributed by atoms with Crippen LogP contribution in [0, 0.1) is 11.8 Å². The molecule has 0 bridgehead atoms. The molecule has 3 nitrogen and oxygen atoms in total. The molecule has 0 aliphatic heterocycles. The number of aromatic nitrogens is 2. The molecule has 0 saturated heterocycles. The predicted molar refractivity (Wildman–Crippen MR) is 49.5 cm³/mol. The summed E-state index contributed by atoms with van der Waals surface area (Å²) in [5.74, 6) is 1.65. The summed E-state index contributed by atoms with van der Waals surface area (Å²) in [5.41, 5.74) is 0.535. The Morgan fingerprint density at radius 3 is 3.00 bits per heavy atom. The minimum atomic E-state index is 0.535. The van der Waals surface area contributed by atoms with Crippen molar-refractivity contribution in [3.05, 3.63) is 18.0 Å². The van der Waals surface area contributed by atoms with Crippen molar-refractivity contribution in [1.29, 1.82) is 0 Å². The monoisotopic (exact) mass is 178 g/mol. The van der Waals surface area contributed by atoms with E-state index in [4.69, 9.17) is 0 Å². The predicted octanol–water partition coefficient (Wildman–Crippen LogP) is 1.74. The van der Waals surface area contributed by atoms with Crippen LogP contribution >= 0.6 is 0 Å². The van der Waals surface area contributed by atoms with Crippen LogP contribution in [0.4, 0.5) is 0 Å². The minimum Gasteiger partial charge on any atom is -0.296 e. The van der Waals surface area contributed by atoms with Gasteiger partial charge in [-0.15, -0.1) is 0 Å². The van der Waals surface area contributed by atoms with Crippen molar-refractivity contribution in [3.8, 4) is 0 Å². The Balaban J connectivity index is 1.91. The van der Waals surface area contributed by atoms with Gasteiger partial charge in [-0.25, -0.2) is 0 Å². The lowest BCUT2D eigenvalue weighted by molar-refractivity contribution is 0.111. The van der Waals surface area contributed by atoms with E-state index in [0.717, 1.165) is 24.7 Å². The Morgan fingerprint density at radius 2 is 2.46 bits per heavy atom. The fraction of sp³-hybridized carbons (Fsp3) is 0.600. The Labute approximate surface area is 77.7 Å². The molecule has 0 amide bonds. The Morgan fingerprint density at radius 1 is 1.69 bits per heavy atom. The SMILES string of the molecule is CC1CC(Cn2ccc(C=O)n2)C1. The first-order valence-corrected chi connectivity index (χ1v) is 4.76. The number of hydrogen-bond acceptors (Lipinski definition) is 2. The third-order valence-corrected chi connectivity index (χ3v) is 2.70. The van der Waals surface area contributed by atoms with Crippen molar-refractivity contribution < 1.29 is 4.79 Å². The minimum absolute atomic E-state index is 0.535. The van der Waals surface area contributed by atoms with Crippen LogP contribution in [0.3, 0.4) is 0 Å². The number of aldehydes is 1. The van der Waals surface area contributed by atoms with Crippen LogP contribution in [-0.4, -0.2) is 16.1 Å². The fourth-order valence-electron chi connectivity index (χ4n) is 2.02. The van der Waals surface area contributed by atoms with Crippen LogP contribution in [0.5, 0.6) is 0 Å². The van der Waals surface area contributed by atoms with Gasteiger partial charge in [0.05, 0.1) is 0 Å². The van der Waals surface area contributed by atoms with Crippen molar-refractivity contribution >= 4 is 6.29 Å². The van der Waals surface area contributed by atoms with E-state index in [-0.39, 0.29) is 0 Å². The highest BCUT2D eigenvalue weighted by molar-refractivity contribution is 5.71. The second kappa shape index (κ2) is 3.32. The Kier molecular flexibility index (Phi) is 2.17. The van der Waals surface area contributed by atoms with Crippen LogP contribution in [-0.2, 0) is 6.54 Å². The first kappa shape index (κ1) is 8.48. The molecular weight excluding hydrogens is 164 g/mol. The first-order valence-electron chi connectivity index (χ1n) is 4.76. The molecule has 0 aromatic carbocycles. The van der Waals surface area contributed by atoms with Crippen LogP contribution in [0.2, 0.25) is 0 Å². The summed E-state index contributed by atoms with van der Waals surface area (Å²) in [6, 6.07) is 1.76. The van der Waals surface area contributed by atoms with Crippen molar-refractivity contribution in [2.75, 3.05) is 0 Å². The molecule has 0 unspecified atom stereocenters. The van der Waals surface area contributed by atoms with Gasteiger partial charge in [-0.3, -0.25) is 9.48 Å². The number of carbonyl (C=O) groups excluding carboxylic acids is 1. The molecule has 0 N–H and O–H groups in total. The summed E-state index contributed by atoms with van der Waals surface area (Å²) in [6.45, 7) is 3.24. The average Bonchev–Trinajstić information content (AvgIpc) is 2.50. The van der Waals surface area contributed by atoms with Gasteiger partial charge in [-0.05, 0) is 30.7 Å². The van der Waals surface area contributed by atoms with Gasteiger partial charge in [0, 0.05) is 12.7 Å². The number of rotatable bonds is 3. The van der Waals surface area contributed by atoms with Gasteiger partial charge < -0.3 is 0 Å². The van der Waals surface area contributed by atoms with Crippen LogP contribution in [0.25, 0.3) is 0 Å². The van der Waals surface area contributed by atoms with E-state index in [0.29, 0.717) is 5.69 Å². The maximum absolute atomic E-state index is 10.4. The van der Waals surface area contributed by atoms with E-state index in [1.165, 1.54) is 12.8 Å². The summed E-state index contributed by atoms with van der Waals surface area (Å²) in [5, 5.41) is 4.12. The molecule has 0 radical (unpaired) electrons. The highest BCUT2D eigenvalue weighted by atomic mass is 16.1. The third-order valence-electron chi connectivity index (χ3n) is 2.70. The molecule has 1 aromatic heterocycles. The summed E-state index contributed by atoms with van der Waals surface area (Å²) >= 11 is 0. The molecule has 1 aliphatic rings. The van der Waals surface area contributed by atoms with Gasteiger partial charge >= 0.3 is 0 Å². The average molecular weight is 178 g/mol. The smallest absolute Gasteiger partial charge is 0.170 e. The summed E-state index contributed by atoms with van der Waals surface area (Å²) < 4.78 is 1.88. The van der Waals surface area contributed by atoms with Gasteiger partial charge in [-0.2, -0.15) is 5.10 Å². The molecule has 1 saturated carbocycles. The molecule has 1 fully saturated rings. The molecule has 13 heavy (non-hydrogen) atoms. The topological polar surface area (TPSA) is 34.9 Å². The largest absolute Gasteiger partial charge is 0.296 e. The summed E-state index contributed by atoms with van der Waals surface area (Å²) in [7, 11) is 0. The second-order valence-corrected chi connectivity index (χ2v) is 4.02. The lowest BCUT2D eigenvalue weighted by atomic mass is 9.76. The van der Waals surface area contributed by atoms with Crippen molar-refractivity contribution in [1.82, 2.24) is 9.78 Å².